The maximum Gasteiger partial charge on any atom is 0.253 e. The number of hydrogen-bond acceptors (Lipinski definition) is 5. The summed E-state index contributed by atoms with van der Waals surface area (Å²) < 4.78 is 1.74. The van der Waals surface area contributed by atoms with Crippen LogP contribution in [0, 0.1) is 20.8 Å². The van der Waals surface area contributed by atoms with E-state index in [2.05, 4.69) is 20.4 Å². The van der Waals surface area contributed by atoms with Crippen LogP contribution in [0.15, 0.2) is 35.5 Å². The minimum absolute atomic E-state index is 0.0373. The van der Waals surface area contributed by atoms with Crippen LogP contribution in [-0.4, -0.2) is 30.7 Å². The van der Waals surface area contributed by atoms with Gasteiger partial charge in [0.2, 0.25) is 11.1 Å². The van der Waals surface area contributed by atoms with Crippen LogP contribution in [0.2, 0.25) is 0 Å². The predicted octanol–water partition coefficient (Wildman–Crippen LogP) is 2.85. The normalized spacial score (nSPS) is 12.3. The van der Waals surface area contributed by atoms with Gasteiger partial charge in [-0.15, -0.1) is 5.10 Å². The Hall–Kier alpha value is -2.41. The number of fused-ring (bicyclic) bond motifs is 1. The molecule has 0 saturated carbocycles. The van der Waals surface area contributed by atoms with Crippen LogP contribution in [0.25, 0.3) is 5.78 Å². The molecule has 3 rings (SSSR count). The van der Waals surface area contributed by atoms with Crippen molar-refractivity contribution in [3.05, 3.63) is 52.8 Å². The van der Waals surface area contributed by atoms with E-state index in [1.807, 2.05) is 58.0 Å². The molecule has 0 saturated heterocycles. The van der Waals surface area contributed by atoms with Gasteiger partial charge in [0.25, 0.3) is 5.78 Å². The Kier molecular flexibility index (Phi) is 5.03. The molecule has 1 aromatic carbocycles. The lowest BCUT2D eigenvalue weighted by molar-refractivity contribution is -0.120. The Balaban J connectivity index is 1.68. The zero-order valence-corrected chi connectivity index (χ0v) is 15.6. The summed E-state index contributed by atoms with van der Waals surface area (Å²) in [7, 11) is 0. The monoisotopic (exact) mass is 355 g/mol. The summed E-state index contributed by atoms with van der Waals surface area (Å²) in [6, 6.07) is 9.85. The number of nitrogens with zero attached hydrogens (tertiary/aromatic N) is 4. The molecule has 25 heavy (non-hydrogen) atoms. The molecule has 130 valence electrons. The van der Waals surface area contributed by atoms with Crippen molar-refractivity contribution in [2.75, 3.05) is 0 Å². The van der Waals surface area contributed by atoms with E-state index in [9.17, 15) is 4.79 Å². The average Bonchev–Trinajstić information content (AvgIpc) is 3.01. The smallest absolute Gasteiger partial charge is 0.253 e. The van der Waals surface area contributed by atoms with Crippen molar-refractivity contribution in [1.82, 2.24) is 24.9 Å². The summed E-state index contributed by atoms with van der Waals surface area (Å²) in [6.07, 6.45) is 0. The maximum absolute atomic E-state index is 12.3. The van der Waals surface area contributed by atoms with Gasteiger partial charge in [-0.1, -0.05) is 42.1 Å². The molecule has 7 heteroatoms. The van der Waals surface area contributed by atoms with E-state index in [-0.39, 0.29) is 11.2 Å². The topological polar surface area (TPSA) is 72.2 Å². The third-order valence-corrected chi connectivity index (χ3v) is 5.15. The molecule has 0 fully saturated rings. The standard InChI is InChI=1S/C18H21N5OS/c1-11-12(2)20-17-21-18(22-23(17)13(11)3)25-14(4)16(24)19-10-15-8-6-5-7-9-15/h5-9,14H,10H2,1-4H3,(H,19,24)/t14-/m1/s1. The van der Waals surface area contributed by atoms with Gasteiger partial charge in [-0.2, -0.15) is 4.98 Å². The molecule has 0 aliphatic heterocycles. The molecule has 2 aromatic heterocycles. The highest BCUT2D eigenvalue weighted by atomic mass is 32.2. The first-order valence-corrected chi connectivity index (χ1v) is 9.02. The number of amides is 1. The van der Waals surface area contributed by atoms with Crippen molar-refractivity contribution < 1.29 is 4.79 Å². The minimum Gasteiger partial charge on any atom is -0.351 e. The van der Waals surface area contributed by atoms with Gasteiger partial charge in [0.05, 0.1) is 5.25 Å². The van der Waals surface area contributed by atoms with Gasteiger partial charge in [0.1, 0.15) is 0 Å². The first-order valence-electron chi connectivity index (χ1n) is 8.14. The Bertz CT molecular complexity index is 907. The van der Waals surface area contributed by atoms with E-state index in [0.29, 0.717) is 17.5 Å². The summed E-state index contributed by atoms with van der Waals surface area (Å²) in [4.78, 5) is 21.2. The maximum atomic E-state index is 12.3. The van der Waals surface area contributed by atoms with Gasteiger partial charge in [-0.25, -0.2) is 9.50 Å². The largest absolute Gasteiger partial charge is 0.351 e. The van der Waals surface area contributed by atoms with Crippen molar-refractivity contribution in [1.29, 1.82) is 0 Å². The second-order valence-corrected chi connectivity index (χ2v) is 7.29. The summed E-state index contributed by atoms with van der Waals surface area (Å²) >= 11 is 1.34. The Morgan fingerprint density at radius 1 is 1.20 bits per heavy atom. The molecule has 1 atom stereocenters. The molecule has 1 amide bonds. The van der Waals surface area contributed by atoms with E-state index in [1.54, 1.807) is 4.52 Å². The van der Waals surface area contributed by atoms with E-state index in [4.69, 9.17) is 0 Å². The molecule has 0 aliphatic rings. The van der Waals surface area contributed by atoms with Gasteiger partial charge in [0.15, 0.2) is 0 Å². The van der Waals surface area contributed by atoms with E-state index >= 15 is 0 Å². The van der Waals surface area contributed by atoms with E-state index < -0.39 is 0 Å². The number of aryl methyl sites for hydroxylation is 2. The highest BCUT2D eigenvalue weighted by molar-refractivity contribution is 8.00. The SMILES string of the molecule is Cc1nc2nc(S[C@H](C)C(=O)NCc3ccccc3)nn2c(C)c1C. The molecular formula is C18H21N5OS. The molecule has 0 bridgehead atoms. The first kappa shape index (κ1) is 17.4. The molecule has 0 radical (unpaired) electrons. The van der Waals surface area contributed by atoms with E-state index in [1.165, 1.54) is 11.8 Å². The lowest BCUT2D eigenvalue weighted by atomic mass is 10.2. The van der Waals surface area contributed by atoms with Crippen LogP contribution in [-0.2, 0) is 11.3 Å². The quantitative estimate of drug-likeness (QED) is 0.713. The number of thioether (sulfide) groups is 1. The van der Waals surface area contributed by atoms with Crippen molar-refractivity contribution in [3.63, 3.8) is 0 Å². The number of nitrogens with one attached hydrogen (secondary N) is 1. The van der Waals surface area contributed by atoms with Crippen LogP contribution < -0.4 is 5.32 Å². The second-order valence-electron chi connectivity index (χ2n) is 5.98. The molecule has 0 unspecified atom stereocenters. The summed E-state index contributed by atoms with van der Waals surface area (Å²) in [5.74, 6) is 0.532. The molecule has 0 spiro atoms. The zero-order chi connectivity index (χ0) is 18.0. The van der Waals surface area contributed by atoms with Crippen LogP contribution >= 0.6 is 11.8 Å². The van der Waals surface area contributed by atoms with Gasteiger partial charge in [-0.3, -0.25) is 4.79 Å². The fourth-order valence-corrected chi connectivity index (χ4v) is 3.20. The summed E-state index contributed by atoms with van der Waals surface area (Å²) in [5.41, 5.74) is 4.14. The van der Waals surface area contributed by atoms with Gasteiger partial charge in [0, 0.05) is 17.9 Å². The highest BCUT2D eigenvalue weighted by Gasteiger charge is 2.18. The lowest BCUT2D eigenvalue weighted by Gasteiger charge is -2.10. The Morgan fingerprint density at radius 3 is 2.64 bits per heavy atom. The van der Waals surface area contributed by atoms with Crippen LogP contribution in [0.4, 0.5) is 0 Å². The fraction of sp³-hybridized carbons (Fsp3) is 0.333. The molecule has 1 N–H and O–H groups in total. The van der Waals surface area contributed by atoms with Crippen molar-refractivity contribution in [2.45, 2.75) is 44.6 Å². The van der Waals surface area contributed by atoms with Gasteiger partial charge >= 0.3 is 0 Å². The molecule has 3 aromatic rings. The molecule has 2 heterocycles. The third-order valence-electron chi connectivity index (χ3n) is 4.20. The number of rotatable bonds is 5. The predicted molar refractivity (Wildman–Crippen MR) is 98.6 cm³/mol. The number of aromatic nitrogens is 4. The van der Waals surface area contributed by atoms with Gasteiger partial charge < -0.3 is 5.32 Å². The summed E-state index contributed by atoms with van der Waals surface area (Å²) in [5, 5.41) is 7.70. The Morgan fingerprint density at radius 2 is 1.92 bits per heavy atom. The first-order chi connectivity index (χ1) is 12.0. The van der Waals surface area contributed by atoms with Crippen molar-refractivity contribution in [2.24, 2.45) is 0 Å². The van der Waals surface area contributed by atoms with Gasteiger partial charge in [-0.05, 0) is 38.8 Å². The highest BCUT2D eigenvalue weighted by Crippen LogP contribution is 2.21. The lowest BCUT2D eigenvalue weighted by Crippen LogP contribution is -2.30. The van der Waals surface area contributed by atoms with E-state index in [0.717, 1.165) is 22.5 Å². The number of carbonyl (C=O) groups is 1. The zero-order valence-electron chi connectivity index (χ0n) is 14.8. The molecule has 0 aliphatic carbocycles. The number of benzene rings is 1. The van der Waals surface area contributed by atoms with Crippen LogP contribution in [0.1, 0.15) is 29.4 Å². The van der Waals surface area contributed by atoms with Crippen molar-refractivity contribution >= 4 is 23.4 Å². The van der Waals surface area contributed by atoms with Crippen molar-refractivity contribution in [3.8, 4) is 0 Å². The van der Waals surface area contributed by atoms with Crippen LogP contribution in [0.3, 0.4) is 0 Å². The number of hydrogen-bond donors (Lipinski definition) is 1. The molecule has 6 nitrogen and oxygen atoms in total. The minimum atomic E-state index is -0.288. The van der Waals surface area contributed by atoms with Crippen LogP contribution in [0.5, 0.6) is 0 Å². The summed E-state index contributed by atoms with van der Waals surface area (Å²) in [6.45, 7) is 8.35. The molecular weight excluding hydrogens is 334 g/mol. The average molecular weight is 355 g/mol. The second kappa shape index (κ2) is 7.23. The number of carbonyl (C=O) groups excluding carboxylic acids is 1. The Labute approximate surface area is 151 Å². The third kappa shape index (κ3) is 3.82. The fourth-order valence-electron chi connectivity index (χ4n) is 2.43.